The summed E-state index contributed by atoms with van der Waals surface area (Å²) in [5, 5.41) is 13.5. The van der Waals surface area contributed by atoms with Crippen LogP contribution >= 0.6 is 0 Å². The SMILES string of the molecule is CC1(CNCc2cc3c(cc2O)OCO3)CCCCC1. The molecule has 0 amide bonds. The fourth-order valence-electron chi connectivity index (χ4n) is 3.20. The third-order valence-electron chi connectivity index (χ3n) is 4.50. The van der Waals surface area contributed by atoms with Crippen molar-refractivity contribution in [1.29, 1.82) is 0 Å². The highest BCUT2D eigenvalue weighted by molar-refractivity contribution is 5.51. The first-order valence-corrected chi connectivity index (χ1v) is 7.49. The van der Waals surface area contributed by atoms with Crippen molar-refractivity contribution in [3.63, 3.8) is 0 Å². The monoisotopic (exact) mass is 277 g/mol. The van der Waals surface area contributed by atoms with Crippen LogP contribution in [-0.4, -0.2) is 18.4 Å². The van der Waals surface area contributed by atoms with E-state index in [1.54, 1.807) is 6.07 Å². The second-order valence-corrected chi connectivity index (χ2v) is 6.31. The molecule has 0 spiro atoms. The quantitative estimate of drug-likeness (QED) is 0.887. The molecule has 1 aromatic rings. The third-order valence-corrected chi connectivity index (χ3v) is 4.50. The van der Waals surface area contributed by atoms with Crippen LogP contribution in [0.2, 0.25) is 0 Å². The lowest BCUT2D eigenvalue weighted by molar-refractivity contribution is 0.174. The van der Waals surface area contributed by atoms with Gasteiger partial charge in [0.1, 0.15) is 5.75 Å². The van der Waals surface area contributed by atoms with Gasteiger partial charge >= 0.3 is 0 Å². The Morgan fingerprint density at radius 1 is 1.15 bits per heavy atom. The highest BCUT2D eigenvalue weighted by atomic mass is 16.7. The van der Waals surface area contributed by atoms with E-state index in [1.165, 1.54) is 32.1 Å². The predicted molar refractivity (Wildman–Crippen MR) is 77.1 cm³/mol. The number of hydrogen-bond acceptors (Lipinski definition) is 4. The van der Waals surface area contributed by atoms with Gasteiger partial charge in [-0.1, -0.05) is 26.2 Å². The molecule has 0 unspecified atom stereocenters. The molecule has 1 fully saturated rings. The second kappa shape index (κ2) is 5.52. The number of rotatable bonds is 4. The molecule has 2 aliphatic rings. The smallest absolute Gasteiger partial charge is 0.231 e. The average Bonchev–Trinajstić information content (AvgIpc) is 2.86. The van der Waals surface area contributed by atoms with Gasteiger partial charge in [0.05, 0.1) is 0 Å². The van der Waals surface area contributed by atoms with Gasteiger partial charge in [-0.05, 0) is 24.3 Å². The van der Waals surface area contributed by atoms with E-state index >= 15 is 0 Å². The van der Waals surface area contributed by atoms with Crippen LogP contribution in [0, 0.1) is 5.41 Å². The molecule has 1 aromatic carbocycles. The van der Waals surface area contributed by atoms with Crippen LogP contribution in [0.5, 0.6) is 17.2 Å². The lowest BCUT2D eigenvalue weighted by Gasteiger charge is -2.33. The maximum absolute atomic E-state index is 10.0. The van der Waals surface area contributed by atoms with Gasteiger partial charge in [-0.15, -0.1) is 0 Å². The highest BCUT2D eigenvalue weighted by Gasteiger charge is 2.26. The second-order valence-electron chi connectivity index (χ2n) is 6.31. The van der Waals surface area contributed by atoms with Crippen LogP contribution in [0.15, 0.2) is 12.1 Å². The van der Waals surface area contributed by atoms with Crippen LogP contribution in [0.25, 0.3) is 0 Å². The molecular formula is C16H23NO3. The first kappa shape index (κ1) is 13.6. The lowest BCUT2D eigenvalue weighted by Crippen LogP contribution is -2.33. The molecule has 3 rings (SSSR count). The van der Waals surface area contributed by atoms with Crippen molar-refractivity contribution in [2.45, 2.75) is 45.6 Å². The summed E-state index contributed by atoms with van der Waals surface area (Å²) in [7, 11) is 0. The van der Waals surface area contributed by atoms with Crippen molar-refractivity contribution < 1.29 is 14.6 Å². The number of ether oxygens (including phenoxy) is 2. The average molecular weight is 277 g/mol. The molecule has 1 heterocycles. The molecule has 0 radical (unpaired) electrons. The molecule has 0 atom stereocenters. The summed E-state index contributed by atoms with van der Waals surface area (Å²) in [5.41, 5.74) is 1.28. The zero-order valence-corrected chi connectivity index (χ0v) is 12.1. The van der Waals surface area contributed by atoms with E-state index in [0.717, 1.165) is 17.9 Å². The summed E-state index contributed by atoms with van der Waals surface area (Å²) in [6, 6.07) is 3.51. The number of aromatic hydroxyl groups is 1. The van der Waals surface area contributed by atoms with Gasteiger partial charge in [0.25, 0.3) is 0 Å². The van der Waals surface area contributed by atoms with Crippen molar-refractivity contribution in [3.05, 3.63) is 17.7 Å². The molecule has 0 bridgehead atoms. The Kier molecular flexibility index (Phi) is 3.74. The molecule has 20 heavy (non-hydrogen) atoms. The van der Waals surface area contributed by atoms with E-state index in [4.69, 9.17) is 9.47 Å². The largest absolute Gasteiger partial charge is 0.507 e. The van der Waals surface area contributed by atoms with E-state index in [-0.39, 0.29) is 12.5 Å². The third kappa shape index (κ3) is 2.85. The first-order chi connectivity index (χ1) is 9.66. The molecular weight excluding hydrogens is 254 g/mol. The minimum absolute atomic E-state index is 0.240. The van der Waals surface area contributed by atoms with E-state index in [0.29, 0.717) is 17.7 Å². The fraction of sp³-hybridized carbons (Fsp3) is 0.625. The zero-order chi connectivity index (χ0) is 14.0. The number of benzene rings is 1. The maximum Gasteiger partial charge on any atom is 0.231 e. The summed E-state index contributed by atoms with van der Waals surface area (Å²) in [4.78, 5) is 0. The molecule has 110 valence electrons. The Balaban J connectivity index is 1.58. The molecule has 1 aliphatic heterocycles. The Bertz CT molecular complexity index is 481. The van der Waals surface area contributed by atoms with Crippen molar-refractivity contribution in [2.24, 2.45) is 5.41 Å². The summed E-state index contributed by atoms with van der Waals surface area (Å²) in [5.74, 6) is 1.63. The number of fused-ring (bicyclic) bond motifs is 1. The predicted octanol–water partition coefficient (Wildman–Crippen LogP) is 3.18. The summed E-state index contributed by atoms with van der Waals surface area (Å²) in [6.45, 7) is 4.27. The van der Waals surface area contributed by atoms with Crippen molar-refractivity contribution in [3.8, 4) is 17.2 Å². The maximum atomic E-state index is 10.0. The van der Waals surface area contributed by atoms with E-state index in [2.05, 4.69) is 12.2 Å². The van der Waals surface area contributed by atoms with E-state index in [1.807, 2.05) is 6.07 Å². The Morgan fingerprint density at radius 2 is 1.85 bits per heavy atom. The minimum Gasteiger partial charge on any atom is -0.507 e. The number of hydrogen-bond donors (Lipinski definition) is 2. The van der Waals surface area contributed by atoms with Gasteiger partial charge in [-0.3, -0.25) is 0 Å². The Morgan fingerprint density at radius 3 is 2.60 bits per heavy atom. The van der Waals surface area contributed by atoms with Crippen LogP contribution < -0.4 is 14.8 Å². The Hall–Kier alpha value is -1.42. The van der Waals surface area contributed by atoms with Crippen molar-refractivity contribution in [1.82, 2.24) is 5.32 Å². The van der Waals surface area contributed by atoms with E-state index < -0.39 is 0 Å². The van der Waals surface area contributed by atoms with Gasteiger partial charge in [-0.2, -0.15) is 0 Å². The lowest BCUT2D eigenvalue weighted by atomic mass is 9.76. The molecule has 0 aromatic heterocycles. The Labute approximate surface area is 120 Å². The van der Waals surface area contributed by atoms with Gasteiger partial charge in [-0.25, -0.2) is 0 Å². The van der Waals surface area contributed by atoms with Crippen LogP contribution in [-0.2, 0) is 6.54 Å². The zero-order valence-electron chi connectivity index (χ0n) is 12.1. The molecule has 0 saturated heterocycles. The standard InChI is InChI=1S/C16H23NO3/c1-16(5-3-2-4-6-16)10-17-9-12-7-14-15(8-13(12)18)20-11-19-14/h7-8,17-18H,2-6,9-11H2,1H3. The first-order valence-electron chi connectivity index (χ1n) is 7.49. The number of phenolic OH excluding ortho intramolecular Hbond substituents is 1. The highest BCUT2D eigenvalue weighted by Crippen LogP contribution is 2.38. The van der Waals surface area contributed by atoms with Crippen LogP contribution in [0.3, 0.4) is 0 Å². The number of phenols is 1. The summed E-state index contributed by atoms with van der Waals surface area (Å²) < 4.78 is 10.6. The molecule has 4 nitrogen and oxygen atoms in total. The molecule has 2 N–H and O–H groups in total. The number of nitrogens with one attached hydrogen (secondary N) is 1. The van der Waals surface area contributed by atoms with Crippen LogP contribution in [0.1, 0.15) is 44.6 Å². The van der Waals surface area contributed by atoms with Gasteiger partial charge in [0.15, 0.2) is 11.5 Å². The van der Waals surface area contributed by atoms with Gasteiger partial charge in [0, 0.05) is 24.7 Å². The topological polar surface area (TPSA) is 50.7 Å². The summed E-state index contributed by atoms with van der Waals surface area (Å²) in [6.07, 6.45) is 6.65. The van der Waals surface area contributed by atoms with Gasteiger partial charge < -0.3 is 19.9 Å². The summed E-state index contributed by atoms with van der Waals surface area (Å²) >= 11 is 0. The van der Waals surface area contributed by atoms with Gasteiger partial charge in [0.2, 0.25) is 6.79 Å². The molecule has 1 aliphatic carbocycles. The van der Waals surface area contributed by atoms with Crippen molar-refractivity contribution in [2.75, 3.05) is 13.3 Å². The minimum atomic E-state index is 0.240. The van der Waals surface area contributed by atoms with E-state index in [9.17, 15) is 5.11 Å². The normalized spacial score (nSPS) is 20.1. The molecule has 1 saturated carbocycles. The molecule has 4 heteroatoms. The van der Waals surface area contributed by atoms with Crippen LogP contribution in [0.4, 0.5) is 0 Å². The van der Waals surface area contributed by atoms with Crippen molar-refractivity contribution >= 4 is 0 Å². The fourth-order valence-corrected chi connectivity index (χ4v) is 3.20.